The zero-order valence-corrected chi connectivity index (χ0v) is 13.2. The Morgan fingerprint density at radius 2 is 1.95 bits per heavy atom. The number of carbonyl (C=O) groups excluding carboxylic acids is 2. The van der Waals surface area contributed by atoms with E-state index in [0.29, 0.717) is 18.6 Å². The molecule has 0 aromatic heterocycles. The molecule has 2 atom stereocenters. The number of rotatable bonds is 5. The monoisotopic (exact) mass is 338 g/mol. The SMILES string of the molecule is CCOC(=O)[C@@H]1CCC[C@H]1CC(=O)c1ccc(Br)cc1. The van der Waals surface area contributed by atoms with E-state index in [4.69, 9.17) is 4.74 Å². The summed E-state index contributed by atoms with van der Waals surface area (Å²) in [7, 11) is 0. The van der Waals surface area contributed by atoms with Crippen LogP contribution in [0.4, 0.5) is 0 Å². The Labute approximate surface area is 127 Å². The van der Waals surface area contributed by atoms with E-state index in [1.165, 1.54) is 0 Å². The topological polar surface area (TPSA) is 43.4 Å². The van der Waals surface area contributed by atoms with Crippen LogP contribution in [0.1, 0.15) is 43.0 Å². The van der Waals surface area contributed by atoms with Gasteiger partial charge in [0.2, 0.25) is 0 Å². The van der Waals surface area contributed by atoms with Crippen molar-refractivity contribution in [2.24, 2.45) is 11.8 Å². The van der Waals surface area contributed by atoms with Crippen molar-refractivity contribution in [1.82, 2.24) is 0 Å². The molecular formula is C16H19BrO3. The van der Waals surface area contributed by atoms with Crippen LogP contribution in [0.3, 0.4) is 0 Å². The molecule has 0 radical (unpaired) electrons. The number of carbonyl (C=O) groups is 2. The summed E-state index contributed by atoms with van der Waals surface area (Å²) in [6.07, 6.45) is 3.22. The largest absolute Gasteiger partial charge is 0.466 e. The Morgan fingerprint density at radius 1 is 1.25 bits per heavy atom. The smallest absolute Gasteiger partial charge is 0.309 e. The standard InChI is InChI=1S/C16H19BrO3/c1-2-20-16(19)14-5-3-4-12(14)10-15(18)11-6-8-13(17)9-7-11/h6-9,12,14H,2-5,10H2,1H3/t12-,14+/m0/s1. The fourth-order valence-corrected chi connectivity index (χ4v) is 3.10. The first-order valence-corrected chi connectivity index (χ1v) is 7.86. The molecular weight excluding hydrogens is 320 g/mol. The molecule has 1 aromatic rings. The number of ketones is 1. The van der Waals surface area contributed by atoms with Gasteiger partial charge in [0.25, 0.3) is 0 Å². The Hall–Kier alpha value is -1.16. The minimum absolute atomic E-state index is 0.102. The lowest BCUT2D eigenvalue weighted by Crippen LogP contribution is -2.23. The average molecular weight is 339 g/mol. The van der Waals surface area contributed by atoms with Crippen molar-refractivity contribution in [3.63, 3.8) is 0 Å². The summed E-state index contributed by atoms with van der Waals surface area (Å²) in [5, 5.41) is 0. The normalized spacial score (nSPS) is 21.7. The van der Waals surface area contributed by atoms with Gasteiger partial charge >= 0.3 is 5.97 Å². The van der Waals surface area contributed by atoms with Gasteiger partial charge in [-0.2, -0.15) is 0 Å². The van der Waals surface area contributed by atoms with Crippen LogP contribution < -0.4 is 0 Å². The summed E-state index contributed by atoms with van der Waals surface area (Å²) in [6.45, 7) is 2.22. The molecule has 1 fully saturated rings. The molecule has 0 spiro atoms. The molecule has 0 heterocycles. The Balaban J connectivity index is 1.99. The summed E-state index contributed by atoms with van der Waals surface area (Å²) in [6, 6.07) is 7.37. The van der Waals surface area contributed by atoms with E-state index in [9.17, 15) is 9.59 Å². The molecule has 1 aromatic carbocycles. The van der Waals surface area contributed by atoms with E-state index < -0.39 is 0 Å². The third-order valence-electron chi connectivity index (χ3n) is 3.86. The predicted molar refractivity (Wildman–Crippen MR) is 80.6 cm³/mol. The maximum atomic E-state index is 12.3. The summed E-state index contributed by atoms with van der Waals surface area (Å²) < 4.78 is 6.06. The van der Waals surface area contributed by atoms with Crippen molar-refractivity contribution in [1.29, 1.82) is 0 Å². The summed E-state index contributed by atoms with van der Waals surface area (Å²) >= 11 is 3.36. The van der Waals surface area contributed by atoms with Crippen LogP contribution in [0.25, 0.3) is 0 Å². The Morgan fingerprint density at radius 3 is 2.60 bits per heavy atom. The van der Waals surface area contributed by atoms with Gasteiger partial charge in [0.05, 0.1) is 12.5 Å². The summed E-state index contributed by atoms with van der Waals surface area (Å²) in [5.41, 5.74) is 0.711. The maximum absolute atomic E-state index is 12.3. The minimum atomic E-state index is -0.140. The molecule has 1 aliphatic rings. The third-order valence-corrected chi connectivity index (χ3v) is 4.39. The minimum Gasteiger partial charge on any atom is -0.466 e. The number of ether oxygens (including phenoxy) is 1. The van der Waals surface area contributed by atoms with Crippen molar-refractivity contribution < 1.29 is 14.3 Å². The van der Waals surface area contributed by atoms with Crippen molar-refractivity contribution in [2.75, 3.05) is 6.61 Å². The van der Waals surface area contributed by atoms with Crippen LogP contribution in [0, 0.1) is 11.8 Å². The molecule has 3 nitrogen and oxygen atoms in total. The first-order chi connectivity index (χ1) is 9.61. The van der Waals surface area contributed by atoms with Gasteiger partial charge in [0, 0.05) is 16.5 Å². The van der Waals surface area contributed by atoms with Crippen LogP contribution in [0.2, 0.25) is 0 Å². The molecule has 0 amide bonds. The molecule has 0 aliphatic heterocycles. The number of esters is 1. The Bertz CT molecular complexity index is 481. The highest BCUT2D eigenvalue weighted by atomic mass is 79.9. The van der Waals surface area contributed by atoms with Crippen molar-refractivity contribution >= 4 is 27.7 Å². The van der Waals surface area contributed by atoms with Gasteiger partial charge in [-0.25, -0.2) is 0 Å². The molecule has 20 heavy (non-hydrogen) atoms. The third kappa shape index (κ3) is 3.69. The van der Waals surface area contributed by atoms with Gasteiger partial charge in [-0.15, -0.1) is 0 Å². The van der Waals surface area contributed by atoms with Crippen molar-refractivity contribution in [3.8, 4) is 0 Å². The van der Waals surface area contributed by atoms with Crippen LogP contribution in [0.5, 0.6) is 0 Å². The van der Waals surface area contributed by atoms with E-state index >= 15 is 0 Å². The van der Waals surface area contributed by atoms with E-state index in [1.807, 2.05) is 31.2 Å². The second-order valence-electron chi connectivity index (χ2n) is 5.18. The van der Waals surface area contributed by atoms with E-state index in [2.05, 4.69) is 15.9 Å². The second kappa shape index (κ2) is 7.02. The Kier molecular flexibility index (Phi) is 5.35. The van der Waals surface area contributed by atoms with Gasteiger partial charge < -0.3 is 4.74 Å². The van der Waals surface area contributed by atoms with Gasteiger partial charge in [-0.1, -0.05) is 34.5 Å². The zero-order valence-electron chi connectivity index (χ0n) is 11.6. The number of benzene rings is 1. The predicted octanol–water partition coefficient (Wildman–Crippen LogP) is 4.00. The molecule has 1 saturated carbocycles. The molecule has 1 aliphatic carbocycles. The fraction of sp³-hybridized carbons (Fsp3) is 0.500. The number of hydrogen-bond acceptors (Lipinski definition) is 3. The first kappa shape index (κ1) is 15.2. The second-order valence-corrected chi connectivity index (χ2v) is 6.10. The van der Waals surface area contributed by atoms with Gasteiger partial charge in [0.1, 0.15) is 0 Å². The highest BCUT2D eigenvalue weighted by Crippen LogP contribution is 2.35. The molecule has 0 N–H and O–H groups in total. The van der Waals surface area contributed by atoms with Crippen LogP contribution in [0.15, 0.2) is 28.7 Å². The van der Waals surface area contributed by atoms with Crippen LogP contribution >= 0.6 is 15.9 Å². The number of Topliss-reactive ketones (excluding diaryl/α,β-unsaturated/α-hetero) is 1. The molecule has 108 valence electrons. The molecule has 2 rings (SSSR count). The number of halogens is 1. The maximum Gasteiger partial charge on any atom is 0.309 e. The van der Waals surface area contributed by atoms with Crippen molar-refractivity contribution in [2.45, 2.75) is 32.6 Å². The summed E-state index contributed by atoms with van der Waals surface area (Å²) in [4.78, 5) is 24.1. The van der Waals surface area contributed by atoms with Gasteiger partial charge in [0.15, 0.2) is 5.78 Å². The van der Waals surface area contributed by atoms with Crippen LogP contribution in [-0.4, -0.2) is 18.4 Å². The first-order valence-electron chi connectivity index (χ1n) is 7.07. The van der Waals surface area contributed by atoms with Crippen molar-refractivity contribution in [3.05, 3.63) is 34.3 Å². The highest BCUT2D eigenvalue weighted by Gasteiger charge is 2.35. The highest BCUT2D eigenvalue weighted by molar-refractivity contribution is 9.10. The molecule has 0 unspecified atom stereocenters. The van der Waals surface area contributed by atoms with E-state index in [1.54, 1.807) is 0 Å². The lowest BCUT2D eigenvalue weighted by atomic mass is 9.89. The van der Waals surface area contributed by atoms with Gasteiger partial charge in [-0.3, -0.25) is 9.59 Å². The lowest BCUT2D eigenvalue weighted by molar-refractivity contribution is -0.149. The molecule has 0 saturated heterocycles. The molecule has 4 heteroatoms. The lowest BCUT2D eigenvalue weighted by Gasteiger charge is -2.17. The van der Waals surface area contributed by atoms with E-state index in [0.717, 1.165) is 23.7 Å². The molecule has 0 bridgehead atoms. The van der Waals surface area contributed by atoms with E-state index in [-0.39, 0.29) is 23.6 Å². The van der Waals surface area contributed by atoms with Crippen LogP contribution in [-0.2, 0) is 9.53 Å². The number of hydrogen-bond donors (Lipinski definition) is 0. The average Bonchev–Trinajstić information content (AvgIpc) is 2.88. The summed E-state index contributed by atoms with van der Waals surface area (Å²) in [5.74, 6) is -0.00292. The quantitative estimate of drug-likeness (QED) is 0.602. The van der Waals surface area contributed by atoms with Gasteiger partial charge in [-0.05, 0) is 37.8 Å². The fourth-order valence-electron chi connectivity index (χ4n) is 2.83. The zero-order chi connectivity index (χ0) is 14.5.